The second kappa shape index (κ2) is 6.28. The highest BCUT2D eigenvalue weighted by atomic mass is 16.8. The monoisotopic (exact) mass is 312 g/mol. The fourth-order valence-electron chi connectivity index (χ4n) is 2.84. The topological polar surface area (TPSA) is 78.9 Å². The number of hydrazine groups is 1. The van der Waals surface area contributed by atoms with Crippen molar-refractivity contribution in [2.45, 2.75) is 25.8 Å². The smallest absolute Gasteiger partial charge is 0.242 e. The number of rotatable bonds is 4. The van der Waals surface area contributed by atoms with Gasteiger partial charge in [-0.05, 0) is 42.7 Å². The zero-order chi connectivity index (χ0) is 16.4. The van der Waals surface area contributed by atoms with Gasteiger partial charge < -0.3 is 10.4 Å². The maximum Gasteiger partial charge on any atom is 0.242 e. The summed E-state index contributed by atoms with van der Waals surface area (Å²) in [6, 6.07) is 14.5. The quantitative estimate of drug-likeness (QED) is 0.848. The van der Waals surface area contributed by atoms with Crippen molar-refractivity contribution in [3.63, 3.8) is 0 Å². The Morgan fingerprint density at radius 1 is 1.30 bits per heavy atom. The highest BCUT2D eigenvalue weighted by Crippen LogP contribution is 2.29. The van der Waals surface area contributed by atoms with Gasteiger partial charge in [0.15, 0.2) is 0 Å². The van der Waals surface area contributed by atoms with Crippen molar-refractivity contribution in [2.75, 3.05) is 10.2 Å². The molecule has 2 N–H and O–H groups in total. The van der Waals surface area contributed by atoms with Crippen molar-refractivity contribution >= 4 is 17.3 Å². The molecule has 120 valence electrons. The molecule has 1 atom stereocenters. The first-order chi connectivity index (χ1) is 11.0. The Morgan fingerprint density at radius 3 is 2.70 bits per heavy atom. The van der Waals surface area contributed by atoms with Crippen LogP contribution >= 0.6 is 0 Å². The van der Waals surface area contributed by atoms with Crippen LogP contribution in [0.25, 0.3) is 0 Å². The number of hydrogen-bond donors (Lipinski definition) is 2. The molecule has 0 saturated heterocycles. The van der Waals surface area contributed by atoms with Crippen LogP contribution in [-0.4, -0.2) is 17.2 Å². The lowest BCUT2D eigenvalue weighted by Gasteiger charge is -2.25. The van der Waals surface area contributed by atoms with Crippen molar-refractivity contribution in [3.8, 4) is 0 Å². The highest BCUT2D eigenvalue weighted by Gasteiger charge is 2.26. The summed E-state index contributed by atoms with van der Waals surface area (Å²) in [5.41, 5.74) is 6.11. The molecular weight excluding hydrogens is 294 g/mol. The van der Waals surface area contributed by atoms with Gasteiger partial charge >= 0.3 is 0 Å². The fourth-order valence-corrected chi connectivity index (χ4v) is 2.84. The number of hydrogen-bond acceptors (Lipinski definition) is 5. The summed E-state index contributed by atoms with van der Waals surface area (Å²) < 4.78 is 0. The minimum Gasteiger partial charge on any atom is -0.733 e. The number of nitrogens with one attached hydrogen (secondary N) is 1. The highest BCUT2D eigenvalue weighted by molar-refractivity contribution is 5.81. The van der Waals surface area contributed by atoms with Gasteiger partial charge in [0.2, 0.25) is 5.91 Å². The molecule has 1 unspecified atom stereocenters. The summed E-state index contributed by atoms with van der Waals surface area (Å²) in [6.07, 6.45) is 1.11. The van der Waals surface area contributed by atoms with Gasteiger partial charge in [0, 0.05) is 0 Å². The Kier molecular flexibility index (Phi) is 4.18. The van der Waals surface area contributed by atoms with Crippen LogP contribution in [-0.2, 0) is 17.6 Å². The minimum atomic E-state index is -0.202. The number of anilines is 2. The number of fused-ring (bicyclic) bond motifs is 1. The molecule has 0 fully saturated rings. The maximum absolute atomic E-state index is 12.3. The molecule has 2 aromatic rings. The van der Waals surface area contributed by atoms with Crippen LogP contribution in [0.4, 0.5) is 11.4 Å². The third kappa shape index (κ3) is 3.28. The van der Waals surface area contributed by atoms with E-state index in [1.165, 1.54) is 17.7 Å². The first-order valence-corrected chi connectivity index (χ1v) is 7.46. The first-order valence-electron chi connectivity index (χ1n) is 7.46. The summed E-state index contributed by atoms with van der Waals surface area (Å²) in [7, 11) is 0. The van der Waals surface area contributed by atoms with Crippen LogP contribution in [0.3, 0.4) is 0 Å². The Bertz CT molecular complexity index is 700. The van der Waals surface area contributed by atoms with Gasteiger partial charge in [-0.15, -0.1) is 0 Å². The third-order valence-corrected chi connectivity index (χ3v) is 3.97. The van der Waals surface area contributed by atoms with Gasteiger partial charge in [0.05, 0.1) is 23.8 Å². The van der Waals surface area contributed by atoms with Crippen molar-refractivity contribution in [2.24, 2.45) is 0 Å². The Morgan fingerprint density at radius 2 is 2.00 bits per heavy atom. The van der Waals surface area contributed by atoms with E-state index in [0.717, 1.165) is 17.7 Å². The zero-order valence-electron chi connectivity index (χ0n) is 12.8. The average Bonchev–Trinajstić information content (AvgIpc) is 2.84. The van der Waals surface area contributed by atoms with Gasteiger partial charge in [-0.1, -0.05) is 30.3 Å². The average molecular weight is 312 g/mol. The van der Waals surface area contributed by atoms with Crippen LogP contribution in [0.15, 0.2) is 48.5 Å². The van der Waals surface area contributed by atoms with Crippen LogP contribution in [0.5, 0.6) is 0 Å². The first kappa shape index (κ1) is 15.3. The molecule has 0 aliphatic carbocycles. The van der Waals surface area contributed by atoms with E-state index < -0.39 is 0 Å². The molecule has 23 heavy (non-hydrogen) atoms. The van der Waals surface area contributed by atoms with E-state index in [1.54, 1.807) is 12.1 Å². The third-order valence-electron chi connectivity index (χ3n) is 3.97. The molecule has 0 radical (unpaired) electrons. The SMILES string of the molecule is CC1Cc2ccccc2N1NC(=O)Cc1ccc(N([O-])O)cc1. The molecule has 0 spiro atoms. The van der Waals surface area contributed by atoms with Crippen molar-refractivity contribution in [1.29, 1.82) is 0 Å². The van der Waals surface area contributed by atoms with E-state index in [1.807, 2.05) is 23.2 Å². The van der Waals surface area contributed by atoms with Gasteiger partial charge in [0.25, 0.3) is 0 Å². The lowest BCUT2D eigenvalue weighted by atomic mass is 10.1. The van der Waals surface area contributed by atoms with Gasteiger partial charge in [-0.2, -0.15) is 0 Å². The molecule has 1 heterocycles. The summed E-state index contributed by atoms with van der Waals surface area (Å²) in [6.45, 7) is 2.07. The normalized spacial score (nSPS) is 16.1. The zero-order valence-corrected chi connectivity index (χ0v) is 12.8. The lowest BCUT2D eigenvalue weighted by molar-refractivity contribution is -0.120. The van der Waals surface area contributed by atoms with E-state index >= 15 is 0 Å². The van der Waals surface area contributed by atoms with Crippen LogP contribution in [0.1, 0.15) is 18.1 Å². The van der Waals surface area contributed by atoms with E-state index in [0.29, 0.717) is 0 Å². The van der Waals surface area contributed by atoms with Crippen molar-refractivity contribution in [1.82, 2.24) is 5.43 Å². The van der Waals surface area contributed by atoms with Gasteiger partial charge in [-0.3, -0.25) is 20.4 Å². The van der Waals surface area contributed by atoms with Crippen molar-refractivity contribution < 1.29 is 10.0 Å². The summed E-state index contributed by atoms with van der Waals surface area (Å²) in [4.78, 5) is 12.3. The molecular formula is C17H18N3O3-. The number of para-hydroxylation sites is 1. The standard InChI is InChI=1S/C17H18N3O3/c1-12-10-14-4-2-3-5-16(14)19(12)18-17(21)11-13-6-8-15(9-7-13)20(22)23/h2-9,12,22H,10-11H2,1H3,(H,18,21)/q-1. The molecule has 1 aliphatic heterocycles. The summed E-state index contributed by atoms with van der Waals surface area (Å²) in [5, 5.41) is 21.2. The Balaban J connectivity index is 1.66. The number of amides is 1. The molecule has 0 saturated carbocycles. The van der Waals surface area contributed by atoms with Crippen LogP contribution in [0, 0.1) is 5.21 Å². The molecule has 2 aromatic carbocycles. The second-order valence-corrected chi connectivity index (χ2v) is 5.70. The van der Waals surface area contributed by atoms with E-state index in [-0.39, 0.29) is 29.3 Å². The molecule has 1 amide bonds. The Hall–Kier alpha value is -2.57. The largest absolute Gasteiger partial charge is 0.733 e. The van der Waals surface area contributed by atoms with Crippen LogP contribution in [0.2, 0.25) is 0 Å². The van der Waals surface area contributed by atoms with E-state index in [2.05, 4.69) is 18.4 Å². The number of carbonyl (C=O) groups excluding carboxylic acids is 1. The number of nitrogens with zero attached hydrogens (tertiary/aromatic N) is 2. The number of benzene rings is 2. The summed E-state index contributed by atoms with van der Waals surface area (Å²) in [5.74, 6) is -0.121. The predicted octanol–water partition coefficient (Wildman–Crippen LogP) is 2.40. The molecule has 3 rings (SSSR count). The van der Waals surface area contributed by atoms with Gasteiger partial charge in [-0.25, -0.2) is 0 Å². The van der Waals surface area contributed by atoms with E-state index in [4.69, 9.17) is 5.21 Å². The van der Waals surface area contributed by atoms with E-state index in [9.17, 15) is 10.0 Å². The van der Waals surface area contributed by atoms with Crippen LogP contribution < -0.4 is 15.7 Å². The predicted molar refractivity (Wildman–Crippen MR) is 88.0 cm³/mol. The molecule has 0 bridgehead atoms. The molecule has 0 aromatic heterocycles. The lowest BCUT2D eigenvalue weighted by Crippen LogP contribution is -2.46. The second-order valence-electron chi connectivity index (χ2n) is 5.70. The molecule has 6 heteroatoms. The van der Waals surface area contributed by atoms with Gasteiger partial charge in [0.1, 0.15) is 0 Å². The fraction of sp³-hybridized carbons (Fsp3) is 0.235. The van der Waals surface area contributed by atoms with Crippen molar-refractivity contribution in [3.05, 3.63) is 64.9 Å². The minimum absolute atomic E-state index is 0.121. The molecule has 6 nitrogen and oxygen atoms in total. The summed E-state index contributed by atoms with van der Waals surface area (Å²) >= 11 is 0. The Labute approximate surface area is 134 Å². The molecule has 1 aliphatic rings. The maximum atomic E-state index is 12.3. The number of carbonyl (C=O) groups is 1.